The second-order valence-corrected chi connectivity index (χ2v) is 3.77. The van der Waals surface area contributed by atoms with Gasteiger partial charge in [0.05, 0.1) is 10.7 Å². The van der Waals surface area contributed by atoms with Crippen molar-refractivity contribution >= 4 is 40.9 Å². The molecule has 0 aliphatic rings. The van der Waals surface area contributed by atoms with Crippen LogP contribution in [0, 0.1) is 0 Å². The Morgan fingerprint density at radius 3 is 2.94 bits per heavy atom. The van der Waals surface area contributed by atoms with Gasteiger partial charge in [-0.15, -0.1) is 0 Å². The molecule has 0 aliphatic heterocycles. The molecule has 0 fully saturated rings. The average Bonchev–Trinajstić information content (AvgIpc) is 2.53. The number of carboxylic acid groups (broad SMARTS) is 1. The summed E-state index contributed by atoms with van der Waals surface area (Å²) in [6.07, 6.45) is 4.08. The highest BCUT2D eigenvalue weighted by Crippen LogP contribution is 2.23. The fourth-order valence-electron chi connectivity index (χ4n) is 1.32. The van der Waals surface area contributed by atoms with Crippen molar-refractivity contribution < 1.29 is 9.90 Å². The minimum Gasteiger partial charge on any atom is -0.478 e. The third-order valence-corrected chi connectivity index (χ3v) is 2.55. The zero-order chi connectivity index (χ0) is 11.7. The summed E-state index contributed by atoms with van der Waals surface area (Å²) in [5.74, 6) is -1.05. The predicted octanol–water partition coefficient (Wildman–Crippen LogP) is 2.74. The summed E-state index contributed by atoms with van der Waals surface area (Å²) in [5.41, 5.74) is 0.987. The van der Waals surface area contributed by atoms with Crippen LogP contribution in [-0.2, 0) is 4.79 Å². The van der Waals surface area contributed by atoms with E-state index in [2.05, 4.69) is 4.98 Å². The Labute approximate surface area is 101 Å². The van der Waals surface area contributed by atoms with Gasteiger partial charge in [0.25, 0.3) is 0 Å². The number of hydrogen-bond donors (Lipinski definition) is 1. The molecule has 0 saturated carbocycles. The molecule has 2 rings (SSSR count). The van der Waals surface area contributed by atoms with Gasteiger partial charge in [-0.2, -0.15) is 0 Å². The summed E-state index contributed by atoms with van der Waals surface area (Å²) in [5, 5.41) is 9.22. The van der Waals surface area contributed by atoms with Crippen molar-refractivity contribution in [1.29, 1.82) is 0 Å². The normalized spacial score (nSPS) is 11.4. The minimum absolute atomic E-state index is 0.214. The van der Waals surface area contributed by atoms with Crippen LogP contribution in [0.4, 0.5) is 0 Å². The van der Waals surface area contributed by atoms with Crippen LogP contribution in [0.25, 0.3) is 11.7 Å². The summed E-state index contributed by atoms with van der Waals surface area (Å²) >= 11 is 11.8. The number of pyridine rings is 1. The fraction of sp³-hybridized carbons (Fsp3) is 0. The van der Waals surface area contributed by atoms with Crippen molar-refractivity contribution in [1.82, 2.24) is 9.38 Å². The van der Waals surface area contributed by atoms with Crippen LogP contribution < -0.4 is 0 Å². The highest BCUT2D eigenvalue weighted by molar-refractivity contribution is 6.34. The van der Waals surface area contributed by atoms with E-state index >= 15 is 0 Å². The van der Waals surface area contributed by atoms with Crippen molar-refractivity contribution in [3.8, 4) is 0 Å². The van der Waals surface area contributed by atoms with Gasteiger partial charge in [-0.3, -0.25) is 4.40 Å². The van der Waals surface area contributed by atoms with Crippen molar-refractivity contribution in [2.24, 2.45) is 0 Å². The Morgan fingerprint density at radius 1 is 1.50 bits per heavy atom. The molecule has 0 bridgehead atoms. The maximum atomic E-state index is 10.4. The van der Waals surface area contributed by atoms with Crippen molar-refractivity contribution in [3.63, 3.8) is 0 Å². The number of rotatable bonds is 2. The van der Waals surface area contributed by atoms with Gasteiger partial charge in [0.15, 0.2) is 10.8 Å². The van der Waals surface area contributed by atoms with Gasteiger partial charge in [0, 0.05) is 12.3 Å². The third kappa shape index (κ3) is 1.89. The van der Waals surface area contributed by atoms with Crippen molar-refractivity contribution in [3.05, 3.63) is 40.3 Å². The third-order valence-electron chi connectivity index (χ3n) is 1.98. The molecular formula is C10H6Cl2N2O2. The molecule has 0 radical (unpaired) electrons. The molecule has 0 aromatic carbocycles. The summed E-state index contributed by atoms with van der Waals surface area (Å²) in [6.45, 7) is 0. The lowest BCUT2D eigenvalue weighted by molar-refractivity contribution is -0.131. The van der Waals surface area contributed by atoms with E-state index in [1.165, 1.54) is 6.08 Å². The first kappa shape index (κ1) is 11.0. The van der Waals surface area contributed by atoms with Crippen LogP contribution in [0.5, 0.6) is 0 Å². The lowest BCUT2D eigenvalue weighted by atomic mass is 10.4. The molecule has 0 amide bonds. The van der Waals surface area contributed by atoms with E-state index in [1.54, 1.807) is 22.7 Å². The maximum absolute atomic E-state index is 10.4. The van der Waals surface area contributed by atoms with E-state index in [0.29, 0.717) is 16.4 Å². The van der Waals surface area contributed by atoms with Gasteiger partial charge < -0.3 is 5.11 Å². The van der Waals surface area contributed by atoms with E-state index in [9.17, 15) is 4.79 Å². The zero-order valence-electron chi connectivity index (χ0n) is 7.89. The Kier molecular flexibility index (Phi) is 2.85. The molecule has 82 valence electrons. The zero-order valence-corrected chi connectivity index (χ0v) is 9.40. The Morgan fingerprint density at radius 2 is 2.25 bits per heavy atom. The first-order valence-electron chi connectivity index (χ1n) is 4.32. The molecule has 0 saturated heterocycles. The highest BCUT2D eigenvalue weighted by atomic mass is 35.5. The first-order chi connectivity index (χ1) is 7.59. The molecule has 0 spiro atoms. The van der Waals surface area contributed by atoms with Gasteiger partial charge in [-0.1, -0.05) is 23.2 Å². The van der Waals surface area contributed by atoms with Gasteiger partial charge in [-0.25, -0.2) is 9.78 Å². The van der Waals surface area contributed by atoms with E-state index in [1.807, 2.05) is 0 Å². The molecule has 0 aliphatic carbocycles. The lowest BCUT2D eigenvalue weighted by Crippen LogP contribution is -1.89. The number of carboxylic acids is 1. The summed E-state index contributed by atoms with van der Waals surface area (Å²) in [7, 11) is 0. The molecule has 2 heterocycles. The van der Waals surface area contributed by atoms with Gasteiger partial charge in [0.1, 0.15) is 0 Å². The molecule has 6 heteroatoms. The van der Waals surface area contributed by atoms with Gasteiger partial charge >= 0.3 is 5.97 Å². The summed E-state index contributed by atoms with van der Waals surface area (Å²) in [4.78, 5) is 14.5. The molecule has 2 aromatic rings. The Bertz CT molecular complexity index is 590. The number of aromatic nitrogens is 2. The second kappa shape index (κ2) is 4.15. The van der Waals surface area contributed by atoms with Gasteiger partial charge in [0.2, 0.25) is 0 Å². The number of fused-ring (bicyclic) bond motifs is 1. The smallest absolute Gasteiger partial charge is 0.328 e. The molecular weight excluding hydrogens is 251 g/mol. The van der Waals surface area contributed by atoms with Crippen molar-refractivity contribution in [2.75, 3.05) is 0 Å². The number of hydrogen-bond acceptors (Lipinski definition) is 2. The van der Waals surface area contributed by atoms with E-state index in [4.69, 9.17) is 28.3 Å². The lowest BCUT2D eigenvalue weighted by Gasteiger charge is -1.96. The standard InChI is InChI=1S/C10H6Cl2N2O2/c11-6-2-1-5-14-7(3-4-8(15)16)9(12)13-10(6)14/h1-5H,(H,15,16)/b4-3+. The number of aliphatic carboxylic acids is 1. The molecule has 0 atom stereocenters. The Balaban J connectivity index is 2.65. The minimum atomic E-state index is -1.05. The number of halogens is 2. The van der Waals surface area contributed by atoms with E-state index in [-0.39, 0.29) is 5.15 Å². The molecule has 4 nitrogen and oxygen atoms in total. The van der Waals surface area contributed by atoms with Crippen LogP contribution in [0.15, 0.2) is 24.4 Å². The monoisotopic (exact) mass is 256 g/mol. The molecule has 2 aromatic heterocycles. The first-order valence-corrected chi connectivity index (χ1v) is 5.08. The topological polar surface area (TPSA) is 54.6 Å². The van der Waals surface area contributed by atoms with Crippen LogP contribution in [-0.4, -0.2) is 20.5 Å². The number of imidazole rings is 1. The maximum Gasteiger partial charge on any atom is 0.328 e. The largest absolute Gasteiger partial charge is 0.478 e. The predicted molar refractivity (Wildman–Crippen MR) is 61.9 cm³/mol. The van der Waals surface area contributed by atoms with Crippen LogP contribution in [0.1, 0.15) is 5.69 Å². The quantitative estimate of drug-likeness (QED) is 0.841. The van der Waals surface area contributed by atoms with E-state index < -0.39 is 5.97 Å². The molecule has 16 heavy (non-hydrogen) atoms. The van der Waals surface area contributed by atoms with Crippen molar-refractivity contribution in [2.45, 2.75) is 0 Å². The molecule has 0 unspecified atom stereocenters. The van der Waals surface area contributed by atoms with Crippen LogP contribution in [0.2, 0.25) is 10.2 Å². The average molecular weight is 257 g/mol. The van der Waals surface area contributed by atoms with Gasteiger partial charge in [-0.05, 0) is 18.2 Å². The number of nitrogens with zero attached hydrogens (tertiary/aromatic N) is 2. The SMILES string of the molecule is O=C(O)/C=C/c1c(Cl)nc2c(Cl)cccn12. The Hall–Kier alpha value is -1.52. The van der Waals surface area contributed by atoms with E-state index in [0.717, 1.165) is 6.08 Å². The second-order valence-electron chi connectivity index (χ2n) is 3.01. The fourth-order valence-corrected chi connectivity index (χ4v) is 1.76. The number of carbonyl (C=O) groups is 1. The highest BCUT2D eigenvalue weighted by Gasteiger charge is 2.09. The summed E-state index contributed by atoms with van der Waals surface area (Å²) < 4.78 is 1.63. The summed E-state index contributed by atoms with van der Waals surface area (Å²) in [6, 6.07) is 3.41. The van der Waals surface area contributed by atoms with Crippen LogP contribution in [0.3, 0.4) is 0 Å². The molecule has 1 N–H and O–H groups in total. The van der Waals surface area contributed by atoms with Crippen LogP contribution >= 0.6 is 23.2 Å².